The molecule has 1 unspecified atom stereocenters. The molecule has 0 saturated carbocycles. The van der Waals surface area contributed by atoms with Crippen LogP contribution in [0.4, 0.5) is 10.5 Å². The Morgan fingerprint density at radius 3 is 2.94 bits per heavy atom. The lowest BCUT2D eigenvalue weighted by Gasteiger charge is -2.31. The van der Waals surface area contributed by atoms with Crippen molar-refractivity contribution in [3.63, 3.8) is 0 Å². The fourth-order valence-corrected chi connectivity index (χ4v) is 3.85. The van der Waals surface area contributed by atoms with Crippen LogP contribution in [0.2, 0.25) is 0 Å². The van der Waals surface area contributed by atoms with Gasteiger partial charge in [0.2, 0.25) is 18.6 Å². The van der Waals surface area contributed by atoms with Crippen LogP contribution in [0, 0.1) is 0 Å². The summed E-state index contributed by atoms with van der Waals surface area (Å²) in [6.45, 7) is 1.38. The van der Waals surface area contributed by atoms with Crippen molar-refractivity contribution in [1.29, 1.82) is 0 Å². The number of nitrogens with zero attached hydrogens (tertiary/aromatic N) is 3. The summed E-state index contributed by atoms with van der Waals surface area (Å²) in [5, 5.41) is 11.4. The molecule has 2 aromatic carbocycles. The Balaban J connectivity index is 1.28. The smallest absolute Gasteiger partial charge is 0.321 e. The molecular formula is C22H22N4O5. The van der Waals surface area contributed by atoms with E-state index in [9.17, 15) is 4.79 Å². The summed E-state index contributed by atoms with van der Waals surface area (Å²) in [6, 6.07) is 12.7. The van der Waals surface area contributed by atoms with Crippen molar-refractivity contribution in [2.75, 3.05) is 32.3 Å². The predicted octanol–water partition coefficient (Wildman–Crippen LogP) is 3.89. The Hall–Kier alpha value is -3.75. The summed E-state index contributed by atoms with van der Waals surface area (Å²) in [6.07, 6.45) is 1.73. The average molecular weight is 422 g/mol. The lowest BCUT2D eigenvalue weighted by Crippen LogP contribution is -2.41. The van der Waals surface area contributed by atoms with Crippen molar-refractivity contribution in [2.24, 2.45) is 0 Å². The molecule has 1 N–H and O–H groups in total. The number of anilines is 1. The van der Waals surface area contributed by atoms with E-state index >= 15 is 0 Å². The summed E-state index contributed by atoms with van der Waals surface area (Å²) in [5.74, 6) is 2.91. The molecule has 0 aliphatic carbocycles. The number of hydrogen-bond donors (Lipinski definition) is 1. The number of methoxy groups -OCH3 is 1. The van der Waals surface area contributed by atoms with Crippen LogP contribution in [-0.2, 0) is 0 Å². The molecule has 0 bridgehead atoms. The maximum Gasteiger partial charge on any atom is 0.321 e. The molecule has 3 aromatic rings. The zero-order valence-corrected chi connectivity index (χ0v) is 17.0. The van der Waals surface area contributed by atoms with Gasteiger partial charge in [0, 0.05) is 18.7 Å². The molecule has 5 rings (SSSR count). The molecule has 160 valence electrons. The third-order valence-electron chi connectivity index (χ3n) is 5.47. The summed E-state index contributed by atoms with van der Waals surface area (Å²) in [5.41, 5.74) is 1.41. The highest BCUT2D eigenvalue weighted by atomic mass is 16.7. The summed E-state index contributed by atoms with van der Waals surface area (Å²) in [7, 11) is 1.58. The first-order valence-corrected chi connectivity index (χ1v) is 10.1. The van der Waals surface area contributed by atoms with Gasteiger partial charge in [0.25, 0.3) is 0 Å². The first-order chi connectivity index (χ1) is 15.2. The van der Waals surface area contributed by atoms with Gasteiger partial charge in [0.05, 0.1) is 18.7 Å². The van der Waals surface area contributed by atoms with Gasteiger partial charge in [-0.15, -0.1) is 10.2 Å². The Kier molecular flexibility index (Phi) is 5.07. The van der Waals surface area contributed by atoms with Gasteiger partial charge >= 0.3 is 6.03 Å². The molecule has 1 atom stereocenters. The number of hydrogen-bond acceptors (Lipinski definition) is 7. The molecule has 1 aromatic heterocycles. The minimum absolute atomic E-state index is 0.0209. The quantitative estimate of drug-likeness (QED) is 0.681. The van der Waals surface area contributed by atoms with E-state index in [0.29, 0.717) is 47.8 Å². The molecule has 2 aliphatic rings. The van der Waals surface area contributed by atoms with Crippen molar-refractivity contribution >= 4 is 11.7 Å². The summed E-state index contributed by atoms with van der Waals surface area (Å²) < 4.78 is 22.0. The lowest BCUT2D eigenvalue weighted by atomic mass is 9.98. The topological polar surface area (TPSA) is 99.0 Å². The van der Waals surface area contributed by atoms with E-state index in [1.165, 1.54) is 0 Å². The molecule has 0 spiro atoms. The Bertz CT molecular complexity index is 1100. The number of aromatic nitrogens is 2. The normalized spacial score (nSPS) is 17.5. The van der Waals surface area contributed by atoms with Crippen molar-refractivity contribution in [2.45, 2.75) is 18.8 Å². The fourth-order valence-electron chi connectivity index (χ4n) is 3.85. The molecular weight excluding hydrogens is 400 g/mol. The summed E-state index contributed by atoms with van der Waals surface area (Å²) >= 11 is 0. The lowest BCUT2D eigenvalue weighted by molar-refractivity contribution is 0.174. The Labute approximate surface area is 178 Å². The van der Waals surface area contributed by atoms with E-state index < -0.39 is 0 Å². The Morgan fingerprint density at radius 2 is 2.03 bits per heavy atom. The van der Waals surface area contributed by atoms with Crippen LogP contribution in [-0.4, -0.2) is 48.1 Å². The molecule has 31 heavy (non-hydrogen) atoms. The van der Waals surface area contributed by atoms with Crippen LogP contribution in [0.15, 0.2) is 46.9 Å². The van der Waals surface area contributed by atoms with Gasteiger partial charge in [-0.05, 0) is 43.2 Å². The third-order valence-corrected chi connectivity index (χ3v) is 5.47. The van der Waals surface area contributed by atoms with Crippen molar-refractivity contribution in [1.82, 2.24) is 15.1 Å². The highest BCUT2D eigenvalue weighted by Crippen LogP contribution is 2.36. The van der Waals surface area contributed by atoms with E-state index in [-0.39, 0.29) is 18.7 Å². The van der Waals surface area contributed by atoms with E-state index in [2.05, 4.69) is 15.5 Å². The number of fused-ring (bicyclic) bond motifs is 1. The fraction of sp³-hybridized carbons (Fsp3) is 0.318. The number of carbonyl (C=O) groups excluding carboxylic acids is 1. The minimum atomic E-state index is -0.176. The number of nitrogens with one attached hydrogen (secondary N) is 1. The van der Waals surface area contributed by atoms with Crippen molar-refractivity contribution in [3.05, 3.63) is 48.4 Å². The van der Waals surface area contributed by atoms with Crippen LogP contribution < -0.4 is 19.5 Å². The molecule has 9 heteroatoms. The van der Waals surface area contributed by atoms with Crippen molar-refractivity contribution < 1.29 is 23.4 Å². The number of likely N-dealkylation sites (tertiary alicyclic amines) is 1. The SMILES string of the molecule is COc1ccccc1NC(=O)N1CCCC(c2nnc(-c3ccc4c(c3)OCO4)o2)C1. The molecule has 2 amide bonds. The standard InChI is InChI=1S/C22H22N4O5/c1-28-17-7-3-2-6-16(17)23-22(27)26-10-4-5-15(12-26)21-25-24-20(31-21)14-8-9-18-19(11-14)30-13-29-18/h2-3,6-9,11,15H,4-5,10,12-13H2,1H3,(H,23,27). The molecule has 1 fully saturated rings. The van der Waals surface area contributed by atoms with Gasteiger partial charge in [0.1, 0.15) is 5.75 Å². The Morgan fingerprint density at radius 1 is 1.16 bits per heavy atom. The highest BCUT2D eigenvalue weighted by molar-refractivity contribution is 5.91. The number of benzene rings is 2. The predicted molar refractivity (Wildman–Crippen MR) is 111 cm³/mol. The number of urea groups is 1. The molecule has 9 nitrogen and oxygen atoms in total. The largest absolute Gasteiger partial charge is 0.495 e. The van der Waals surface area contributed by atoms with Gasteiger partial charge in [0.15, 0.2) is 11.5 Å². The second-order valence-corrected chi connectivity index (χ2v) is 7.43. The molecule has 3 heterocycles. The van der Waals surface area contributed by atoms with Crippen molar-refractivity contribution in [3.8, 4) is 28.7 Å². The van der Waals surface area contributed by atoms with Gasteiger partial charge in [-0.1, -0.05) is 12.1 Å². The first kappa shape index (κ1) is 19.2. The molecule has 0 radical (unpaired) electrons. The highest BCUT2D eigenvalue weighted by Gasteiger charge is 2.29. The number of piperidine rings is 1. The summed E-state index contributed by atoms with van der Waals surface area (Å²) in [4.78, 5) is 14.6. The van der Waals surface area contributed by atoms with E-state index in [1.807, 2.05) is 42.5 Å². The second-order valence-electron chi connectivity index (χ2n) is 7.43. The number of carbonyl (C=O) groups is 1. The zero-order chi connectivity index (χ0) is 21.2. The molecule has 2 aliphatic heterocycles. The second kappa shape index (κ2) is 8.17. The first-order valence-electron chi connectivity index (χ1n) is 10.1. The van der Waals surface area contributed by atoms with Crippen LogP contribution in [0.5, 0.6) is 17.2 Å². The van der Waals surface area contributed by atoms with Gasteiger partial charge in [-0.3, -0.25) is 0 Å². The third kappa shape index (κ3) is 3.86. The number of para-hydroxylation sites is 2. The van der Waals surface area contributed by atoms with Gasteiger partial charge in [-0.25, -0.2) is 4.79 Å². The van der Waals surface area contributed by atoms with Crippen LogP contribution in [0.3, 0.4) is 0 Å². The number of ether oxygens (including phenoxy) is 3. The van der Waals surface area contributed by atoms with E-state index in [1.54, 1.807) is 12.0 Å². The average Bonchev–Trinajstić information content (AvgIpc) is 3.49. The maximum absolute atomic E-state index is 12.8. The van der Waals surface area contributed by atoms with Crippen LogP contribution in [0.25, 0.3) is 11.5 Å². The van der Waals surface area contributed by atoms with E-state index in [4.69, 9.17) is 18.6 Å². The number of amides is 2. The van der Waals surface area contributed by atoms with Gasteiger partial charge < -0.3 is 28.8 Å². The minimum Gasteiger partial charge on any atom is -0.495 e. The monoisotopic (exact) mass is 422 g/mol. The van der Waals surface area contributed by atoms with E-state index in [0.717, 1.165) is 18.4 Å². The molecule has 1 saturated heterocycles. The maximum atomic E-state index is 12.8. The zero-order valence-electron chi connectivity index (χ0n) is 17.0. The van der Waals surface area contributed by atoms with Crippen LogP contribution in [0.1, 0.15) is 24.7 Å². The van der Waals surface area contributed by atoms with Crippen LogP contribution >= 0.6 is 0 Å². The van der Waals surface area contributed by atoms with Gasteiger partial charge in [-0.2, -0.15) is 0 Å². The number of rotatable bonds is 4.